The second kappa shape index (κ2) is 5.55. The lowest BCUT2D eigenvalue weighted by Gasteiger charge is -2.19. The minimum absolute atomic E-state index is 0.109. The molecular weight excluding hydrogens is 283 g/mol. The minimum Gasteiger partial charge on any atom is -0.494 e. The summed E-state index contributed by atoms with van der Waals surface area (Å²) >= 11 is 0. The maximum Gasteiger partial charge on any atom is 0.308 e. The number of carbonyl (C=O) groups is 1. The summed E-state index contributed by atoms with van der Waals surface area (Å²) in [6, 6.07) is 2.04. The van der Waals surface area contributed by atoms with Crippen LogP contribution in [0.2, 0.25) is 0 Å². The van der Waals surface area contributed by atoms with Gasteiger partial charge in [-0.2, -0.15) is 0 Å². The molecule has 1 aromatic rings. The van der Waals surface area contributed by atoms with Crippen LogP contribution < -0.4 is 9.64 Å². The molecule has 0 aliphatic carbocycles. The number of aliphatic carboxylic acids is 1. The lowest BCUT2D eigenvalue weighted by molar-refractivity contribution is -0.384. The third kappa shape index (κ3) is 2.74. The summed E-state index contributed by atoms with van der Waals surface area (Å²) in [4.78, 5) is 23.1. The number of nitro benzene ring substituents is 1. The zero-order valence-electron chi connectivity index (χ0n) is 11.6. The number of hydrogen-bond donors (Lipinski definition) is 1. The summed E-state index contributed by atoms with van der Waals surface area (Å²) in [6.45, 7) is 2.27. The molecule has 8 heteroatoms. The summed E-state index contributed by atoms with van der Waals surface area (Å²) in [7, 11) is 1.26. The maximum atomic E-state index is 13.6. The summed E-state index contributed by atoms with van der Waals surface area (Å²) < 4.78 is 18.5. The fourth-order valence-corrected chi connectivity index (χ4v) is 2.57. The number of methoxy groups -OCH3 is 1. The quantitative estimate of drug-likeness (QED) is 0.674. The molecule has 0 spiro atoms. The second-order valence-corrected chi connectivity index (χ2v) is 5.06. The van der Waals surface area contributed by atoms with E-state index in [0.717, 1.165) is 6.07 Å². The first kappa shape index (κ1) is 15.0. The molecule has 0 amide bonds. The number of carboxylic acid groups (broad SMARTS) is 1. The Bertz CT molecular complexity index is 592. The van der Waals surface area contributed by atoms with Crippen molar-refractivity contribution in [3.05, 3.63) is 28.1 Å². The van der Waals surface area contributed by atoms with E-state index >= 15 is 0 Å². The van der Waals surface area contributed by atoms with Gasteiger partial charge in [0.1, 0.15) is 5.69 Å². The normalized spacial score (nSPS) is 21.4. The van der Waals surface area contributed by atoms with E-state index in [1.54, 1.807) is 11.8 Å². The first-order valence-electron chi connectivity index (χ1n) is 6.34. The summed E-state index contributed by atoms with van der Waals surface area (Å²) in [6.07, 6.45) is 0. The molecule has 21 heavy (non-hydrogen) atoms. The molecule has 1 aliphatic rings. The van der Waals surface area contributed by atoms with Crippen LogP contribution in [0.25, 0.3) is 0 Å². The number of benzene rings is 1. The fraction of sp³-hybridized carbons (Fsp3) is 0.462. The molecular formula is C13H15FN2O5. The SMILES string of the molecule is COc1cc(N2CC(C)C(C(=O)O)C2)c([N+](=O)[O-])cc1F. The van der Waals surface area contributed by atoms with Crippen LogP contribution in [0.3, 0.4) is 0 Å². The lowest BCUT2D eigenvalue weighted by Crippen LogP contribution is -2.23. The van der Waals surface area contributed by atoms with Gasteiger partial charge < -0.3 is 14.7 Å². The largest absolute Gasteiger partial charge is 0.494 e. The molecule has 114 valence electrons. The molecule has 1 saturated heterocycles. The van der Waals surface area contributed by atoms with Crippen LogP contribution in [-0.4, -0.2) is 36.2 Å². The lowest BCUT2D eigenvalue weighted by atomic mass is 9.99. The summed E-state index contributed by atoms with van der Waals surface area (Å²) in [5.41, 5.74) is -0.222. The van der Waals surface area contributed by atoms with Crippen LogP contribution in [0, 0.1) is 27.8 Å². The molecule has 2 unspecified atom stereocenters. The van der Waals surface area contributed by atoms with Gasteiger partial charge in [-0.1, -0.05) is 6.92 Å². The Balaban J connectivity index is 2.43. The van der Waals surface area contributed by atoms with E-state index in [4.69, 9.17) is 9.84 Å². The van der Waals surface area contributed by atoms with Gasteiger partial charge in [-0.15, -0.1) is 0 Å². The number of hydrogen-bond acceptors (Lipinski definition) is 5. The van der Waals surface area contributed by atoms with Gasteiger partial charge in [-0.3, -0.25) is 14.9 Å². The third-order valence-electron chi connectivity index (χ3n) is 3.72. The van der Waals surface area contributed by atoms with E-state index in [9.17, 15) is 19.3 Å². The fourth-order valence-electron chi connectivity index (χ4n) is 2.57. The Morgan fingerprint density at radius 2 is 2.19 bits per heavy atom. The van der Waals surface area contributed by atoms with Crippen molar-refractivity contribution in [3.8, 4) is 5.75 Å². The second-order valence-electron chi connectivity index (χ2n) is 5.06. The molecule has 2 atom stereocenters. The van der Waals surface area contributed by atoms with E-state index in [1.807, 2.05) is 0 Å². The standard InChI is InChI=1S/C13H15FN2O5/c1-7-5-15(6-8(7)13(17)18)10-4-12(21-2)9(14)3-11(10)16(19)20/h3-4,7-8H,5-6H2,1-2H3,(H,17,18). The average Bonchev–Trinajstić information content (AvgIpc) is 2.80. The molecule has 0 radical (unpaired) electrons. The highest BCUT2D eigenvalue weighted by molar-refractivity contribution is 5.74. The van der Waals surface area contributed by atoms with E-state index in [1.165, 1.54) is 13.2 Å². The van der Waals surface area contributed by atoms with Crippen LogP contribution in [0.5, 0.6) is 5.75 Å². The van der Waals surface area contributed by atoms with Gasteiger partial charge in [-0.05, 0) is 5.92 Å². The van der Waals surface area contributed by atoms with Gasteiger partial charge in [0.15, 0.2) is 11.6 Å². The van der Waals surface area contributed by atoms with Crippen LogP contribution in [0.15, 0.2) is 12.1 Å². The minimum atomic E-state index is -0.943. The Kier molecular flexibility index (Phi) is 3.97. The van der Waals surface area contributed by atoms with Crippen LogP contribution in [-0.2, 0) is 4.79 Å². The molecule has 7 nitrogen and oxygen atoms in total. The zero-order chi connectivity index (χ0) is 15.7. The van der Waals surface area contributed by atoms with Gasteiger partial charge in [0.05, 0.1) is 24.0 Å². The Labute approximate surface area is 120 Å². The van der Waals surface area contributed by atoms with Crippen LogP contribution in [0.4, 0.5) is 15.8 Å². The number of nitrogens with zero attached hydrogens (tertiary/aromatic N) is 2. The number of nitro groups is 1. The zero-order valence-corrected chi connectivity index (χ0v) is 11.6. The predicted octanol–water partition coefficient (Wildman–Crippen LogP) is 1.90. The van der Waals surface area contributed by atoms with E-state index in [2.05, 4.69) is 0 Å². The van der Waals surface area contributed by atoms with Crippen molar-refractivity contribution < 1.29 is 24.0 Å². The third-order valence-corrected chi connectivity index (χ3v) is 3.72. The Morgan fingerprint density at radius 1 is 1.52 bits per heavy atom. The number of halogens is 1. The first-order valence-corrected chi connectivity index (χ1v) is 6.34. The predicted molar refractivity (Wildman–Crippen MR) is 72.1 cm³/mol. The van der Waals surface area contributed by atoms with Crippen LogP contribution >= 0.6 is 0 Å². The van der Waals surface area contributed by atoms with E-state index < -0.39 is 28.3 Å². The maximum absolute atomic E-state index is 13.6. The monoisotopic (exact) mass is 298 g/mol. The molecule has 0 bridgehead atoms. The van der Waals surface area contributed by atoms with Crippen molar-refractivity contribution in [2.45, 2.75) is 6.92 Å². The highest BCUT2D eigenvalue weighted by Gasteiger charge is 2.37. The number of ether oxygens (including phenoxy) is 1. The van der Waals surface area contributed by atoms with Gasteiger partial charge >= 0.3 is 5.97 Å². The number of anilines is 1. The van der Waals surface area contributed by atoms with E-state index in [0.29, 0.717) is 6.54 Å². The molecule has 1 N–H and O–H groups in total. The highest BCUT2D eigenvalue weighted by Crippen LogP contribution is 2.38. The Hall–Kier alpha value is -2.38. The average molecular weight is 298 g/mol. The van der Waals surface area contributed by atoms with Crippen molar-refractivity contribution in [2.75, 3.05) is 25.1 Å². The highest BCUT2D eigenvalue weighted by atomic mass is 19.1. The summed E-state index contributed by atoms with van der Waals surface area (Å²) in [5.74, 6) is -2.64. The van der Waals surface area contributed by atoms with Gasteiger partial charge in [-0.25, -0.2) is 4.39 Å². The van der Waals surface area contributed by atoms with Gasteiger partial charge in [0.25, 0.3) is 5.69 Å². The van der Waals surface area contributed by atoms with Gasteiger partial charge in [0.2, 0.25) is 0 Å². The molecule has 1 aliphatic heterocycles. The van der Waals surface area contributed by atoms with Crippen molar-refractivity contribution >= 4 is 17.3 Å². The molecule has 1 aromatic carbocycles. The first-order chi connectivity index (χ1) is 9.85. The van der Waals surface area contributed by atoms with Crippen LogP contribution in [0.1, 0.15) is 6.92 Å². The van der Waals surface area contributed by atoms with E-state index in [-0.39, 0.29) is 23.9 Å². The van der Waals surface area contributed by atoms with Crippen molar-refractivity contribution in [1.29, 1.82) is 0 Å². The van der Waals surface area contributed by atoms with Crippen molar-refractivity contribution in [3.63, 3.8) is 0 Å². The molecule has 0 aromatic heterocycles. The molecule has 1 fully saturated rings. The smallest absolute Gasteiger partial charge is 0.308 e. The Morgan fingerprint density at radius 3 is 2.67 bits per heavy atom. The topological polar surface area (TPSA) is 92.9 Å². The molecule has 1 heterocycles. The van der Waals surface area contributed by atoms with Crippen molar-refractivity contribution in [2.24, 2.45) is 11.8 Å². The summed E-state index contributed by atoms with van der Waals surface area (Å²) in [5, 5.41) is 20.2. The van der Waals surface area contributed by atoms with Gasteiger partial charge in [0, 0.05) is 19.2 Å². The van der Waals surface area contributed by atoms with Crippen molar-refractivity contribution in [1.82, 2.24) is 0 Å². The molecule has 2 rings (SSSR count). The number of carboxylic acids is 1. The molecule has 0 saturated carbocycles. The number of rotatable bonds is 4.